The van der Waals surface area contributed by atoms with Crippen LogP contribution in [0, 0.1) is 6.92 Å². The molecule has 26 heavy (non-hydrogen) atoms. The maximum absolute atomic E-state index is 12.9. The molecule has 2 aromatic carbocycles. The van der Waals surface area contributed by atoms with Crippen molar-refractivity contribution in [1.82, 2.24) is 5.32 Å². The second-order valence-electron chi connectivity index (χ2n) is 5.95. The molecule has 0 spiro atoms. The number of nitrogens with zero attached hydrogens (tertiary/aromatic N) is 1. The van der Waals surface area contributed by atoms with Crippen LogP contribution in [-0.2, 0) is 9.53 Å². The molecule has 6 heteroatoms. The number of amides is 2. The Hall–Kier alpha value is -2.79. The van der Waals surface area contributed by atoms with E-state index in [0.29, 0.717) is 17.0 Å². The van der Waals surface area contributed by atoms with Crippen LogP contribution in [0.5, 0.6) is 0 Å². The summed E-state index contributed by atoms with van der Waals surface area (Å²) in [6.45, 7) is 1.96. The van der Waals surface area contributed by atoms with Gasteiger partial charge in [0.25, 0.3) is 0 Å². The Bertz CT molecular complexity index is 847. The number of allylic oxidation sites excluding steroid dienone is 1. The summed E-state index contributed by atoms with van der Waals surface area (Å²) in [5.74, 6) is -0.527. The van der Waals surface area contributed by atoms with E-state index < -0.39 is 12.0 Å². The number of urea groups is 1. The Morgan fingerprint density at radius 1 is 1.15 bits per heavy atom. The highest BCUT2D eigenvalue weighted by Crippen LogP contribution is 2.34. The number of benzene rings is 2. The fraction of sp³-hybridized carbons (Fsp3) is 0.200. The van der Waals surface area contributed by atoms with Crippen LogP contribution in [0.15, 0.2) is 65.9 Å². The van der Waals surface area contributed by atoms with Crippen molar-refractivity contribution in [2.45, 2.75) is 13.0 Å². The van der Waals surface area contributed by atoms with Gasteiger partial charge in [-0.25, -0.2) is 9.59 Å². The fourth-order valence-corrected chi connectivity index (χ4v) is 3.27. The van der Waals surface area contributed by atoms with Gasteiger partial charge in [-0.1, -0.05) is 48.0 Å². The minimum Gasteiger partial charge on any atom is -0.466 e. The molecule has 1 N–H and O–H groups in total. The van der Waals surface area contributed by atoms with Gasteiger partial charge in [0.15, 0.2) is 0 Å². The summed E-state index contributed by atoms with van der Waals surface area (Å²) < 4.78 is 4.98. The Labute approximate surface area is 157 Å². The molecule has 5 nitrogen and oxygen atoms in total. The first-order chi connectivity index (χ1) is 12.6. The van der Waals surface area contributed by atoms with Gasteiger partial charge in [-0.2, -0.15) is 0 Å². The van der Waals surface area contributed by atoms with Gasteiger partial charge in [-0.15, -0.1) is 11.6 Å². The molecule has 0 saturated heterocycles. The molecule has 0 unspecified atom stereocenters. The zero-order valence-electron chi connectivity index (χ0n) is 14.5. The number of nitrogens with one attached hydrogen (secondary N) is 1. The number of halogens is 1. The molecule has 0 saturated carbocycles. The van der Waals surface area contributed by atoms with Crippen molar-refractivity contribution in [2.75, 3.05) is 17.9 Å². The van der Waals surface area contributed by atoms with E-state index in [1.807, 2.05) is 61.5 Å². The topological polar surface area (TPSA) is 58.6 Å². The van der Waals surface area contributed by atoms with Crippen molar-refractivity contribution >= 4 is 29.3 Å². The van der Waals surface area contributed by atoms with Crippen LogP contribution in [0.1, 0.15) is 17.2 Å². The predicted molar refractivity (Wildman–Crippen MR) is 101 cm³/mol. The number of hydrogen-bond acceptors (Lipinski definition) is 3. The SMILES string of the molecule is COC(=O)C1=C(CCl)N(c2ccc(C)cc2)C(=O)N[C@H]1c1ccccc1. The molecule has 1 aliphatic heterocycles. The number of carbonyl (C=O) groups excluding carboxylic acids is 2. The van der Waals surface area contributed by atoms with Crippen LogP contribution >= 0.6 is 11.6 Å². The van der Waals surface area contributed by atoms with Crippen LogP contribution in [-0.4, -0.2) is 25.0 Å². The summed E-state index contributed by atoms with van der Waals surface area (Å²) in [5.41, 5.74) is 3.23. The molecule has 0 aliphatic carbocycles. The van der Waals surface area contributed by atoms with E-state index in [9.17, 15) is 9.59 Å². The quantitative estimate of drug-likeness (QED) is 0.655. The maximum atomic E-state index is 12.9. The second kappa shape index (κ2) is 7.62. The van der Waals surface area contributed by atoms with Crippen molar-refractivity contribution in [1.29, 1.82) is 0 Å². The molecule has 0 fully saturated rings. The third kappa shape index (κ3) is 3.30. The number of rotatable bonds is 4. The number of esters is 1. The molecule has 1 aliphatic rings. The molecule has 0 radical (unpaired) electrons. The summed E-state index contributed by atoms with van der Waals surface area (Å²) in [4.78, 5) is 26.8. The van der Waals surface area contributed by atoms with Crippen molar-refractivity contribution in [3.63, 3.8) is 0 Å². The standard InChI is InChI=1S/C20H19ClN2O3/c1-13-8-10-15(11-9-13)23-16(12-21)17(19(24)26-2)18(22-20(23)25)14-6-4-3-5-7-14/h3-11,18H,12H2,1-2H3,(H,22,25)/t18-/m0/s1. The lowest BCUT2D eigenvalue weighted by Gasteiger charge is -2.36. The van der Waals surface area contributed by atoms with Crippen molar-refractivity contribution in [3.8, 4) is 0 Å². The van der Waals surface area contributed by atoms with Crippen LogP contribution in [0.25, 0.3) is 0 Å². The van der Waals surface area contributed by atoms with E-state index in [1.54, 1.807) is 0 Å². The minimum atomic E-state index is -0.619. The first kappa shape index (κ1) is 18.0. The van der Waals surface area contributed by atoms with Crippen LogP contribution < -0.4 is 10.2 Å². The van der Waals surface area contributed by atoms with Gasteiger partial charge in [0, 0.05) is 0 Å². The molecule has 0 bridgehead atoms. The average Bonchev–Trinajstić information content (AvgIpc) is 2.68. The van der Waals surface area contributed by atoms with Gasteiger partial charge in [0.2, 0.25) is 0 Å². The van der Waals surface area contributed by atoms with E-state index in [0.717, 1.165) is 11.1 Å². The summed E-state index contributed by atoms with van der Waals surface area (Å²) in [6, 6.07) is 15.7. The van der Waals surface area contributed by atoms with Gasteiger partial charge >= 0.3 is 12.0 Å². The smallest absolute Gasteiger partial charge is 0.338 e. The van der Waals surface area contributed by atoms with Gasteiger partial charge in [0.1, 0.15) is 0 Å². The third-order valence-electron chi connectivity index (χ3n) is 4.30. The average molecular weight is 371 g/mol. The van der Waals surface area contributed by atoms with Crippen molar-refractivity contribution < 1.29 is 14.3 Å². The molecule has 3 rings (SSSR count). The summed E-state index contributed by atoms with van der Waals surface area (Å²) in [5, 5.41) is 2.90. The fourth-order valence-electron chi connectivity index (χ4n) is 3.01. The number of alkyl halides is 1. The first-order valence-electron chi connectivity index (χ1n) is 8.16. The molecule has 1 atom stereocenters. The summed E-state index contributed by atoms with van der Waals surface area (Å²) in [6.07, 6.45) is 0. The first-order valence-corrected chi connectivity index (χ1v) is 8.69. The molecule has 2 amide bonds. The molecule has 0 aromatic heterocycles. The lowest BCUT2D eigenvalue weighted by Crippen LogP contribution is -2.49. The van der Waals surface area contributed by atoms with E-state index in [1.165, 1.54) is 12.0 Å². The Morgan fingerprint density at radius 3 is 2.38 bits per heavy atom. The number of carbonyl (C=O) groups is 2. The van der Waals surface area contributed by atoms with Crippen molar-refractivity contribution in [2.24, 2.45) is 0 Å². The largest absolute Gasteiger partial charge is 0.466 e. The maximum Gasteiger partial charge on any atom is 0.338 e. The molecule has 2 aromatic rings. The Morgan fingerprint density at radius 2 is 1.81 bits per heavy atom. The van der Waals surface area contributed by atoms with Gasteiger partial charge < -0.3 is 10.1 Å². The summed E-state index contributed by atoms with van der Waals surface area (Å²) >= 11 is 6.18. The van der Waals surface area contributed by atoms with Crippen LogP contribution in [0.2, 0.25) is 0 Å². The van der Waals surface area contributed by atoms with E-state index >= 15 is 0 Å². The lowest BCUT2D eigenvalue weighted by atomic mass is 9.94. The monoisotopic (exact) mass is 370 g/mol. The van der Waals surface area contributed by atoms with Crippen molar-refractivity contribution in [3.05, 3.63) is 77.0 Å². The number of methoxy groups -OCH3 is 1. The highest BCUT2D eigenvalue weighted by Gasteiger charge is 2.38. The highest BCUT2D eigenvalue weighted by molar-refractivity contribution is 6.21. The van der Waals surface area contributed by atoms with Crippen LogP contribution in [0.3, 0.4) is 0 Å². The van der Waals surface area contributed by atoms with Crippen LogP contribution in [0.4, 0.5) is 10.5 Å². The number of aryl methyl sites for hydroxylation is 1. The number of anilines is 1. The number of hydrogen-bond donors (Lipinski definition) is 1. The van der Waals surface area contributed by atoms with Gasteiger partial charge in [0.05, 0.1) is 36.0 Å². The zero-order valence-corrected chi connectivity index (χ0v) is 15.3. The summed E-state index contributed by atoms with van der Waals surface area (Å²) in [7, 11) is 1.32. The number of ether oxygens (including phenoxy) is 1. The van der Waals surface area contributed by atoms with E-state index in [4.69, 9.17) is 16.3 Å². The Balaban J connectivity index is 2.17. The lowest BCUT2D eigenvalue weighted by molar-refractivity contribution is -0.136. The predicted octanol–water partition coefficient (Wildman–Crippen LogP) is 3.93. The highest BCUT2D eigenvalue weighted by atomic mass is 35.5. The second-order valence-corrected chi connectivity index (χ2v) is 6.22. The van der Waals surface area contributed by atoms with E-state index in [2.05, 4.69) is 5.32 Å². The molecular weight excluding hydrogens is 352 g/mol. The van der Waals surface area contributed by atoms with E-state index in [-0.39, 0.29) is 11.9 Å². The minimum absolute atomic E-state index is 0.00490. The zero-order chi connectivity index (χ0) is 18.7. The van der Waals surface area contributed by atoms with Gasteiger partial charge in [-0.3, -0.25) is 4.90 Å². The Kier molecular flexibility index (Phi) is 5.28. The molecular formula is C20H19ClN2O3. The molecule has 1 heterocycles. The molecule has 134 valence electrons. The normalized spacial score (nSPS) is 17.1. The third-order valence-corrected chi connectivity index (χ3v) is 4.55. The van der Waals surface area contributed by atoms with Gasteiger partial charge in [-0.05, 0) is 24.6 Å².